The highest BCUT2D eigenvalue weighted by molar-refractivity contribution is 6.18. The molecule has 2 rings (SSSR count). The molecular weight excluding hydrogens is 274 g/mol. The number of carbonyl (C=O) groups excluding carboxylic acids is 1. The van der Waals surface area contributed by atoms with E-state index >= 15 is 0 Å². The number of amides is 1. The van der Waals surface area contributed by atoms with Crippen LogP contribution in [0.3, 0.4) is 0 Å². The molecule has 0 spiro atoms. The van der Waals surface area contributed by atoms with Crippen LogP contribution in [-0.2, 0) is 0 Å². The largest absolute Gasteiger partial charge is 0.507 e. The molecule has 2 aromatic carbocycles. The molecule has 104 valence electrons. The molecule has 2 N–H and O–H groups in total. The average Bonchev–Trinajstić information content (AvgIpc) is 2.48. The number of phenolic OH excluding ortho intramolecular Hbond substituents is 1. The predicted octanol–water partition coefficient (Wildman–Crippen LogP) is 3.41. The highest BCUT2D eigenvalue weighted by Crippen LogP contribution is 2.22. The summed E-state index contributed by atoms with van der Waals surface area (Å²) in [6.45, 7) is 1.75. The van der Waals surface area contributed by atoms with Crippen LogP contribution in [0.25, 0.3) is 0 Å². The van der Waals surface area contributed by atoms with Crippen LogP contribution in [0.2, 0.25) is 0 Å². The Labute approximate surface area is 123 Å². The minimum atomic E-state index is -0.333. The molecule has 1 amide bonds. The minimum Gasteiger partial charge on any atom is -0.507 e. The number of hydrogen-bond acceptors (Lipinski definition) is 2. The standard InChI is InChI=1S/C16H16ClNO2/c1-11-6-5-9-13(15(11)19)16(20)18-14(10-17)12-7-3-2-4-8-12/h2-9,14,19H,10H2,1H3,(H,18,20). The van der Waals surface area contributed by atoms with Crippen molar-refractivity contribution in [1.29, 1.82) is 0 Å². The highest BCUT2D eigenvalue weighted by atomic mass is 35.5. The predicted molar refractivity (Wildman–Crippen MR) is 80.2 cm³/mol. The van der Waals surface area contributed by atoms with E-state index in [1.165, 1.54) is 0 Å². The van der Waals surface area contributed by atoms with Gasteiger partial charge in [-0.3, -0.25) is 4.79 Å². The number of aromatic hydroxyl groups is 1. The summed E-state index contributed by atoms with van der Waals surface area (Å²) in [5.41, 5.74) is 1.86. The Morgan fingerprint density at radius 1 is 1.20 bits per heavy atom. The maximum Gasteiger partial charge on any atom is 0.255 e. The monoisotopic (exact) mass is 289 g/mol. The van der Waals surface area contributed by atoms with Gasteiger partial charge >= 0.3 is 0 Å². The zero-order chi connectivity index (χ0) is 14.5. The van der Waals surface area contributed by atoms with Crippen molar-refractivity contribution in [2.75, 3.05) is 5.88 Å². The summed E-state index contributed by atoms with van der Waals surface area (Å²) in [6.07, 6.45) is 0. The van der Waals surface area contributed by atoms with E-state index in [0.29, 0.717) is 5.56 Å². The summed E-state index contributed by atoms with van der Waals surface area (Å²) < 4.78 is 0. The van der Waals surface area contributed by atoms with E-state index < -0.39 is 0 Å². The average molecular weight is 290 g/mol. The van der Waals surface area contributed by atoms with Crippen LogP contribution in [0, 0.1) is 6.92 Å². The fourth-order valence-corrected chi connectivity index (χ4v) is 2.23. The van der Waals surface area contributed by atoms with Gasteiger partial charge < -0.3 is 10.4 Å². The summed E-state index contributed by atoms with van der Waals surface area (Å²) in [4.78, 5) is 12.2. The number of rotatable bonds is 4. The van der Waals surface area contributed by atoms with Gasteiger partial charge in [-0.1, -0.05) is 42.5 Å². The molecule has 4 heteroatoms. The zero-order valence-electron chi connectivity index (χ0n) is 11.1. The lowest BCUT2D eigenvalue weighted by Crippen LogP contribution is -2.29. The van der Waals surface area contributed by atoms with Gasteiger partial charge in [-0.2, -0.15) is 0 Å². The topological polar surface area (TPSA) is 49.3 Å². The fraction of sp³-hybridized carbons (Fsp3) is 0.188. The Morgan fingerprint density at radius 3 is 2.55 bits per heavy atom. The molecule has 0 aliphatic heterocycles. The Bertz CT molecular complexity index is 599. The van der Waals surface area contributed by atoms with Gasteiger partial charge in [0.05, 0.1) is 11.6 Å². The van der Waals surface area contributed by atoms with E-state index in [2.05, 4.69) is 5.32 Å². The first-order valence-electron chi connectivity index (χ1n) is 6.34. The molecule has 2 aromatic rings. The molecule has 0 aliphatic carbocycles. The van der Waals surface area contributed by atoms with Crippen molar-refractivity contribution in [3.05, 3.63) is 65.2 Å². The number of para-hydroxylation sites is 1. The van der Waals surface area contributed by atoms with Gasteiger partial charge in [0, 0.05) is 5.88 Å². The van der Waals surface area contributed by atoms with Gasteiger partial charge in [0.15, 0.2) is 0 Å². The molecule has 0 aromatic heterocycles. The SMILES string of the molecule is Cc1cccc(C(=O)NC(CCl)c2ccccc2)c1O. The van der Waals surface area contributed by atoms with E-state index in [9.17, 15) is 9.90 Å². The molecule has 0 radical (unpaired) electrons. The minimum absolute atomic E-state index is 0.00591. The van der Waals surface area contributed by atoms with Gasteiger partial charge in [-0.25, -0.2) is 0 Å². The third-order valence-electron chi connectivity index (χ3n) is 3.14. The number of alkyl halides is 1. The highest BCUT2D eigenvalue weighted by Gasteiger charge is 2.17. The van der Waals surface area contributed by atoms with Gasteiger partial charge in [0.25, 0.3) is 5.91 Å². The van der Waals surface area contributed by atoms with Gasteiger partial charge in [-0.15, -0.1) is 11.6 Å². The number of aryl methyl sites for hydroxylation is 1. The lowest BCUT2D eigenvalue weighted by Gasteiger charge is -2.17. The number of hydrogen-bond donors (Lipinski definition) is 2. The Hall–Kier alpha value is -2.00. The summed E-state index contributed by atoms with van der Waals surface area (Å²) >= 11 is 5.93. The second-order valence-electron chi connectivity index (χ2n) is 4.56. The van der Waals surface area contributed by atoms with Crippen molar-refractivity contribution in [1.82, 2.24) is 5.32 Å². The van der Waals surface area contributed by atoms with E-state index in [-0.39, 0.29) is 29.1 Å². The van der Waals surface area contributed by atoms with Crippen LogP contribution in [0.5, 0.6) is 5.75 Å². The number of carbonyl (C=O) groups is 1. The van der Waals surface area contributed by atoms with Gasteiger partial charge in [0.2, 0.25) is 0 Å². The van der Waals surface area contributed by atoms with Crippen LogP contribution in [0.15, 0.2) is 48.5 Å². The summed E-state index contributed by atoms with van der Waals surface area (Å²) in [7, 11) is 0. The second kappa shape index (κ2) is 6.44. The number of nitrogens with one attached hydrogen (secondary N) is 1. The first kappa shape index (κ1) is 14.4. The van der Waals surface area contributed by atoms with Gasteiger partial charge in [0.1, 0.15) is 5.75 Å². The van der Waals surface area contributed by atoms with E-state index in [1.807, 2.05) is 30.3 Å². The fourth-order valence-electron chi connectivity index (χ4n) is 1.97. The quantitative estimate of drug-likeness (QED) is 0.848. The second-order valence-corrected chi connectivity index (χ2v) is 4.87. The van der Waals surface area contributed by atoms with Crippen LogP contribution in [0.1, 0.15) is 27.5 Å². The molecule has 0 heterocycles. The third-order valence-corrected chi connectivity index (χ3v) is 3.45. The van der Waals surface area contributed by atoms with Gasteiger partial charge in [-0.05, 0) is 24.1 Å². The molecular formula is C16H16ClNO2. The molecule has 0 aliphatic rings. The molecule has 1 unspecified atom stereocenters. The van der Waals surface area contributed by atoms with Crippen LogP contribution in [0.4, 0.5) is 0 Å². The maximum absolute atomic E-state index is 12.2. The Morgan fingerprint density at radius 2 is 1.90 bits per heavy atom. The smallest absolute Gasteiger partial charge is 0.255 e. The summed E-state index contributed by atoms with van der Waals surface area (Å²) in [6, 6.07) is 14.3. The molecule has 0 fully saturated rings. The van der Waals surface area contributed by atoms with Crippen molar-refractivity contribution >= 4 is 17.5 Å². The van der Waals surface area contributed by atoms with E-state index in [1.54, 1.807) is 25.1 Å². The number of phenols is 1. The third kappa shape index (κ3) is 3.11. The lowest BCUT2D eigenvalue weighted by atomic mass is 10.1. The van der Waals surface area contributed by atoms with Crippen LogP contribution in [-0.4, -0.2) is 16.9 Å². The van der Waals surface area contributed by atoms with Crippen molar-refractivity contribution in [2.24, 2.45) is 0 Å². The normalized spacial score (nSPS) is 11.9. The van der Waals surface area contributed by atoms with E-state index in [4.69, 9.17) is 11.6 Å². The van der Waals surface area contributed by atoms with E-state index in [0.717, 1.165) is 5.56 Å². The molecule has 0 saturated heterocycles. The maximum atomic E-state index is 12.2. The first-order valence-corrected chi connectivity index (χ1v) is 6.87. The van der Waals surface area contributed by atoms with Crippen LogP contribution < -0.4 is 5.32 Å². The molecule has 3 nitrogen and oxygen atoms in total. The summed E-state index contributed by atoms with van der Waals surface area (Å²) in [5, 5.41) is 12.8. The van der Waals surface area contributed by atoms with Crippen molar-refractivity contribution in [3.63, 3.8) is 0 Å². The lowest BCUT2D eigenvalue weighted by molar-refractivity contribution is 0.0937. The van der Waals surface area contributed by atoms with Crippen molar-refractivity contribution in [2.45, 2.75) is 13.0 Å². The number of benzene rings is 2. The Kier molecular flexibility index (Phi) is 4.64. The number of halogens is 1. The summed E-state index contributed by atoms with van der Waals surface area (Å²) in [5.74, 6) is -0.0606. The van der Waals surface area contributed by atoms with Crippen LogP contribution >= 0.6 is 11.6 Å². The molecule has 1 atom stereocenters. The zero-order valence-corrected chi connectivity index (χ0v) is 11.9. The van der Waals surface area contributed by atoms with Crippen molar-refractivity contribution in [3.8, 4) is 5.75 Å². The van der Waals surface area contributed by atoms with Crippen molar-refractivity contribution < 1.29 is 9.90 Å². The molecule has 0 saturated carbocycles. The molecule has 0 bridgehead atoms. The molecule has 20 heavy (non-hydrogen) atoms. The first-order chi connectivity index (χ1) is 9.63. The Balaban J connectivity index is 2.20.